The van der Waals surface area contributed by atoms with E-state index in [1.165, 1.54) is 0 Å². The first-order valence-electron chi connectivity index (χ1n) is 4.73. The van der Waals surface area contributed by atoms with Crippen molar-refractivity contribution >= 4 is 45.6 Å². The van der Waals surface area contributed by atoms with E-state index in [0.717, 1.165) is 5.39 Å². The van der Waals surface area contributed by atoms with Gasteiger partial charge in [-0.1, -0.05) is 35.3 Å². The SMILES string of the molecule is NNC(=O)c1ccc2ccc(Cl)c(N)c2c1Cl. The van der Waals surface area contributed by atoms with Gasteiger partial charge in [-0.2, -0.15) is 0 Å². The Labute approximate surface area is 107 Å². The zero-order valence-electron chi connectivity index (χ0n) is 8.63. The fraction of sp³-hybridized carbons (Fsp3) is 0. The molecule has 0 heterocycles. The monoisotopic (exact) mass is 269 g/mol. The minimum atomic E-state index is -0.476. The van der Waals surface area contributed by atoms with Crippen LogP contribution in [0.5, 0.6) is 0 Å². The van der Waals surface area contributed by atoms with Gasteiger partial charge in [0.1, 0.15) is 0 Å². The van der Waals surface area contributed by atoms with E-state index in [1.54, 1.807) is 24.3 Å². The summed E-state index contributed by atoms with van der Waals surface area (Å²) < 4.78 is 0. The minimum absolute atomic E-state index is 0.241. The second-order valence-corrected chi connectivity index (χ2v) is 4.24. The van der Waals surface area contributed by atoms with Crippen molar-refractivity contribution in [3.05, 3.63) is 39.9 Å². The van der Waals surface area contributed by atoms with Crippen LogP contribution in [0.4, 0.5) is 5.69 Å². The fourth-order valence-electron chi connectivity index (χ4n) is 1.63. The number of carbonyl (C=O) groups excluding carboxylic acids is 1. The molecule has 0 aliphatic carbocycles. The largest absolute Gasteiger partial charge is 0.397 e. The van der Waals surface area contributed by atoms with Gasteiger partial charge in [0, 0.05) is 5.39 Å². The van der Waals surface area contributed by atoms with Crippen LogP contribution in [0.1, 0.15) is 10.4 Å². The molecule has 0 aliphatic rings. The average molecular weight is 270 g/mol. The molecular weight excluding hydrogens is 261 g/mol. The molecule has 0 aromatic heterocycles. The lowest BCUT2D eigenvalue weighted by molar-refractivity contribution is 0.0954. The quantitative estimate of drug-likeness (QED) is 0.322. The van der Waals surface area contributed by atoms with Crippen molar-refractivity contribution in [2.24, 2.45) is 5.84 Å². The highest BCUT2D eigenvalue weighted by molar-refractivity contribution is 6.41. The molecule has 0 spiro atoms. The second kappa shape index (κ2) is 4.41. The molecule has 6 heteroatoms. The van der Waals surface area contributed by atoms with Gasteiger partial charge < -0.3 is 5.73 Å². The van der Waals surface area contributed by atoms with Gasteiger partial charge in [-0.3, -0.25) is 10.2 Å². The van der Waals surface area contributed by atoms with E-state index in [9.17, 15) is 4.79 Å². The second-order valence-electron chi connectivity index (χ2n) is 3.46. The van der Waals surface area contributed by atoms with Gasteiger partial charge in [-0.25, -0.2) is 5.84 Å². The van der Waals surface area contributed by atoms with E-state index in [0.29, 0.717) is 16.1 Å². The number of carbonyl (C=O) groups is 1. The van der Waals surface area contributed by atoms with Crippen molar-refractivity contribution in [2.45, 2.75) is 0 Å². The average Bonchev–Trinajstić information content (AvgIpc) is 2.33. The summed E-state index contributed by atoms with van der Waals surface area (Å²) in [6.07, 6.45) is 0. The molecule has 17 heavy (non-hydrogen) atoms. The Balaban J connectivity index is 2.82. The molecular formula is C11H9Cl2N3O. The maximum Gasteiger partial charge on any atom is 0.266 e. The first-order chi connectivity index (χ1) is 8.06. The van der Waals surface area contributed by atoms with Crippen LogP contribution in [0.15, 0.2) is 24.3 Å². The molecule has 2 rings (SSSR count). The van der Waals surface area contributed by atoms with E-state index in [2.05, 4.69) is 0 Å². The van der Waals surface area contributed by atoms with E-state index >= 15 is 0 Å². The van der Waals surface area contributed by atoms with E-state index in [-0.39, 0.29) is 10.6 Å². The third-order valence-electron chi connectivity index (χ3n) is 2.49. The molecule has 0 unspecified atom stereocenters. The summed E-state index contributed by atoms with van der Waals surface area (Å²) in [6.45, 7) is 0. The molecule has 4 nitrogen and oxygen atoms in total. The Morgan fingerprint density at radius 1 is 1.18 bits per heavy atom. The molecule has 0 fully saturated rings. The van der Waals surface area contributed by atoms with Crippen molar-refractivity contribution < 1.29 is 4.79 Å². The van der Waals surface area contributed by atoms with Gasteiger partial charge in [0.2, 0.25) is 0 Å². The number of rotatable bonds is 1. The van der Waals surface area contributed by atoms with Crippen LogP contribution < -0.4 is 17.0 Å². The predicted molar refractivity (Wildman–Crippen MR) is 70.0 cm³/mol. The highest BCUT2D eigenvalue weighted by atomic mass is 35.5. The van der Waals surface area contributed by atoms with Crippen molar-refractivity contribution in [2.75, 3.05) is 5.73 Å². The normalized spacial score (nSPS) is 10.5. The van der Waals surface area contributed by atoms with E-state index in [1.807, 2.05) is 5.43 Å². The molecule has 0 saturated heterocycles. The number of hydrogen-bond donors (Lipinski definition) is 3. The highest BCUT2D eigenvalue weighted by Gasteiger charge is 2.14. The van der Waals surface area contributed by atoms with Crippen molar-refractivity contribution in [3.8, 4) is 0 Å². The first-order valence-corrected chi connectivity index (χ1v) is 5.49. The van der Waals surface area contributed by atoms with Crippen molar-refractivity contribution in [1.82, 2.24) is 5.43 Å². The van der Waals surface area contributed by atoms with Crippen molar-refractivity contribution in [1.29, 1.82) is 0 Å². The number of benzene rings is 2. The summed E-state index contributed by atoms with van der Waals surface area (Å²) in [5.41, 5.74) is 8.48. The number of nitrogen functional groups attached to an aromatic ring is 2. The van der Waals surface area contributed by atoms with Gasteiger partial charge in [0.15, 0.2) is 0 Å². The maximum atomic E-state index is 11.5. The van der Waals surface area contributed by atoms with E-state index in [4.69, 9.17) is 34.8 Å². The van der Waals surface area contributed by atoms with Crippen LogP contribution in [-0.4, -0.2) is 5.91 Å². The molecule has 0 atom stereocenters. The zero-order chi connectivity index (χ0) is 12.6. The molecule has 5 N–H and O–H groups in total. The number of hydrogen-bond acceptors (Lipinski definition) is 3. The Kier molecular flexibility index (Phi) is 3.11. The Morgan fingerprint density at radius 2 is 1.82 bits per heavy atom. The summed E-state index contributed by atoms with van der Waals surface area (Å²) in [7, 11) is 0. The number of hydrazine groups is 1. The lowest BCUT2D eigenvalue weighted by atomic mass is 10.0. The molecule has 1 amide bonds. The standard InChI is InChI=1S/C11H9Cl2N3O/c12-7-4-2-5-1-3-6(11(17)16-15)9(13)8(5)10(7)14/h1-4H,14-15H2,(H,16,17). The first kappa shape index (κ1) is 12.0. The lowest BCUT2D eigenvalue weighted by Crippen LogP contribution is -2.30. The van der Waals surface area contributed by atoms with E-state index < -0.39 is 5.91 Å². The number of amides is 1. The van der Waals surface area contributed by atoms with Gasteiger partial charge in [-0.05, 0) is 17.5 Å². The Bertz CT molecular complexity index is 613. The van der Waals surface area contributed by atoms with Gasteiger partial charge in [0.05, 0.1) is 21.3 Å². The van der Waals surface area contributed by atoms with Crippen LogP contribution in [-0.2, 0) is 0 Å². The highest BCUT2D eigenvalue weighted by Crippen LogP contribution is 2.35. The molecule has 0 saturated carbocycles. The van der Waals surface area contributed by atoms with Crippen LogP contribution in [0, 0.1) is 0 Å². The number of fused-ring (bicyclic) bond motifs is 1. The maximum absolute atomic E-state index is 11.5. The lowest BCUT2D eigenvalue weighted by Gasteiger charge is -2.09. The van der Waals surface area contributed by atoms with Crippen LogP contribution in [0.25, 0.3) is 10.8 Å². The van der Waals surface area contributed by atoms with Crippen LogP contribution in [0.3, 0.4) is 0 Å². The summed E-state index contributed by atoms with van der Waals surface area (Å²) in [5, 5.41) is 2.00. The van der Waals surface area contributed by atoms with Crippen LogP contribution in [0.2, 0.25) is 10.0 Å². The molecule has 0 bridgehead atoms. The number of nitrogens with two attached hydrogens (primary N) is 2. The number of nitrogens with one attached hydrogen (secondary N) is 1. The molecule has 0 radical (unpaired) electrons. The Hall–Kier alpha value is -1.49. The number of anilines is 1. The van der Waals surface area contributed by atoms with Gasteiger partial charge in [0.25, 0.3) is 5.91 Å². The molecule has 2 aromatic carbocycles. The fourth-order valence-corrected chi connectivity index (χ4v) is 2.15. The van der Waals surface area contributed by atoms with Gasteiger partial charge in [-0.15, -0.1) is 0 Å². The predicted octanol–water partition coefficient (Wildman–Crippen LogP) is 2.33. The molecule has 0 aliphatic heterocycles. The topological polar surface area (TPSA) is 81.1 Å². The summed E-state index contributed by atoms with van der Waals surface area (Å²) in [6, 6.07) is 6.78. The third-order valence-corrected chi connectivity index (χ3v) is 3.21. The summed E-state index contributed by atoms with van der Waals surface area (Å²) >= 11 is 12.1. The molecule has 88 valence electrons. The number of halogens is 2. The van der Waals surface area contributed by atoms with Crippen LogP contribution >= 0.6 is 23.2 Å². The minimum Gasteiger partial charge on any atom is -0.397 e. The van der Waals surface area contributed by atoms with Gasteiger partial charge >= 0.3 is 0 Å². The Morgan fingerprint density at radius 3 is 2.47 bits per heavy atom. The van der Waals surface area contributed by atoms with Crippen molar-refractivity contribution in [3.63, 3.8) is 0 Å². The summed E-state index contributed by atoms with van der Waals surface area (Å²) in [5.74, 6) is 4.59. The smallest absolute Gasteiger partial charge is 0.266 e. The summed E-state index contributed by atoms with van der Waals surface area (Å²) in [4.78, 5) is 11.5. The third kappa shape index (κ3) is 1.91. The molecule has 2 aromatic rings. The zero-order valence-corrected chi connectivity index (χ0v) is 10.1.